The number of carbonyl (C=O) groups excluding carboxylic acids is 3. The third-order valence-electron chi connectivity index (χ3n) is 4.18. The summed E-state index contributed by atoms with van der Waals surface area (Å²) >= 11 is 0. The van der Waals surface area contributed by atoms with E-state index in [9.17, 15) is 18.8 Å². The highest BCUT2D eigenvalue weighted by Gasteiger charge is 2.32. The van der Waals surface area contributed by atoms with E-state index in [2.05, 4.69) is 5.32 Å². The second-order valence-corrected chi connectivity index (χ2v) is 5.96. The molecule has 128 valence electrons. The van der Waals surface area contributed by atoms with Crippen molar-refractivity contribution in [2.75, 3.05) is 6.54 Å². The Morgan fingerprint density at radius 1 is 1.16 bits per heavy atom. The summed E-state index contributed by atoms with van der Waals surface area (Å²) in [5.41, 5.74) is 1.85. The van der Waals surface area contributed by atoms with Gasteiger partial charge in [0.15, 0.2) is 0 Å². The van der Waals surface area contributed by atoms with E-state index in [1.807, 2.05) is 0 Å². The SMILES string of the molecule is C[C@@H](NC(=O)CN1C(=O)Cc2ccccc2C1=O)c1ccc(F)cc1. The molecule has 1 heterocycles. The third-order valence-corrected chi connectivity index (χ3v) is 4.18. The van der Waals surface area contributed by atoms with Crippen LogP contribution in [-0.4, -0.2) is 29.2 Å². The zero-order chi connectivity index (χ0) is 18.0. The summed E-state index contributed by atoms with van der Waals surface area (Å²) in [6.45, 7) is 1.41. The van der Waals surface area contributed by atoms with Crippen LogP contribution in [-0.2, 0) is 16.0 Å². The minimum atomic E-state index is -0.462. The second kappa shape index (κ2) is 6.84. The van der Waals surface area contributed by atoms with Crippen LogP contribution < -0.4 is 5.32 Å². The van der Waals surface area contributed by atoms with Crippen LogP contribution >= 0.6 is 0 Å². The first kappa shape index (κ1) is 16.8. The van der Waals surface area contributed by atoms with E-state index in [1.165, 1.54) is 12.1 Å². The van der Waals surface area contributed by atoms with Gasteiger partial charge in [0.2, 0.25) is 11.8 Å². The molecule has 1 N–H and O–H groups in total. The van der Waals surface area contributed by atoms with Crippen LogP contribution in [0.1, 0.15) is 34.5 Å². The highest BCUT2D eigenvalue weighted by molar-refractivity contribution is 6.11. The average molecular weight is 340 g/mol. The predicted molar refractivity (Wildman–Crippen MR) is 89.1 cm³/mol. The fourth-order valence-corrected chi connectivity index (χ4v) is 2.83. The molecule has 0 bridgehead atoms. The summed E-state index contributed by atoms with van der Waals surface area (Å²) in [7, 11) is 0. The van der Waals surface area contributed by atoms with Crippen molar-refractivity contribution in [2.45, 2.75) is 19.4 Å². The zero-order valence-electron chi connectivity index (χ0n) is 13.7. The van der Waals surface area contributed by atoms with Gasteiger partial charge in [-0.05, 0) is 36.2 Å². The van der Waals surface area contributed by atoms with E-state index in [-0.39, 0.29) is 24.8 Å². The van der Waals surface area contributed by atoms with E-state index < -0.39 is 17.7 Å². The summed E-state index contributed by atoms with van der Waals surface area (Å²) in [6.07, 6.45) is 0.0999. The molecule has 3 amide bonds. The smallest absolute Gasteiger partial charge is 0.261 e. The Kier molecular flexibility index (Phi) is 4.61. The van der Waals surface area contributed by atoms with Crippen LogP contribution in [0.4, 0.5) is 4.39 Å². The van der Waals surface area contributed by atoms with E-state index >= 15 is 0 Å². The molecule has 2 aromatic carbocycles. The van der Waals surface area contributed by atoms with Crippen molar-refractivity contribution in [3.05, 3.63) is 71.0 Å². The number of nitrogens with one attached hydrogen (secondary N) is 1. The largest absolute Gasteiger partial charge is 0.348 e. The Labute approximate surface area is 144 Å². The maximum Gasteiger partial charge on any atom is 0.261 e. The van der Waals surface area contributed by atoms with Crippen molar-refractivity contribution < 1.29 is 18.8 Å². The monoisotopic (exact) mass is 340 g/mol. The van der Waals surface area contributed by atoms with Gasteiger partial charge >= 0.3 is 0 Å². The van der Waals surface area contributed by atoms with Gasteiger partial charge in [-0.2, -0.15) is 0 Å². The molecule has 2 aromatic rings. The maximum absolute atomic E-state index is 13.0. The molecule has 1 aliphatic heterocycles. The number of amides is 3. The molecule has 3 rings (SSSR count). The van der Waals surface area contributed by atoms with Crippen LogP contribution in [0.25, 0.3) is 0 Å². The molecule has 1 aliphatic rings. The Morgan fingerprint density at radius 3 is 2.56 bits per heavy atom. The Balaban J connectivity index is 1.67. The van der Waals surface area contributed by atoms with Crippen molar-refractivity contribution >= 4 is 17.7 Å². The predicted octanol–water partition coefficient (Wildman–Crippen LogP) is 2.23. The number of halogens is 1. The summed E-state index contributed by atoms with van der Waals surface area (Å²) in [5.74, 6) is -1.66. The number of hydrogen-bond donors (Lipinski definition) is 1. The number of carbonyl (C=O) groups is 3. The molecule has 0 aromatic heterocycles. The lowest BCUT2D eigenvalue weighted by atomic mass is 9.98. The molecule has 0 fully saturated rings. The molecule has 0 saturated heterocycles. The Morgan fingerprint density at radius 2 is 1.84 bits per heavy atom. The molecule has 1 atom stereocenters. The van der Waals surface area contributed by atoms with Crippen LogP contribution in [0.2, 0.25) is 0 Å². The topological polar surface area (TPSA) is 66.5 Å². The Hall–Kier alpha value is -3.02. The lowest BCUT2D eigenvalue weighted by molar-refractivity contribution is -0.133. The Bertz CT molecular complexity index is 833. The van der Waals surface area contributed by atoms with Crippen LogP contribution in [0.3, 0.4) is 0 Å². The first-order valence-electron chi connectivity index (χ1n) is 7.93. The van der Waals surface area contributed by atoms with Crippen molar-refractivity contribution in [1.29, 1.82) is 0 Å². The van der Waals surface area contributed by atoms with E-state index in [0.717, 1.165) is 10.5 Å². The van der Waals surface area contributed by atoms with Crippen LogP contribution in [0, 0.1) is 5.82 Å². The highest BCUT2D eigenvalue weighted by Crippen LogP contribution is 2.19. The first-order chi connectivity index (χ1) is 12.0. The highest BCUT2D eigenvalue weighted by atomic mass is 19.1. The zero-order valence-corrected chi connectivity index (χ0v) is 13.7. The van der Waals surface area contributed by atoms with Crippen molar-refractivity contribution in [3.63, 3.8) is 0 Å². The van der Waals surface area contributed by atoms with Gasteiger partial charge in [0.25, 0.3) is 5.91 Å². The van der Waals surface area contributed by atoms with Gasteiger partial charge in [0, 0.05) is 5.56 Å². The third kappa shape index (κ3) is 3.57. The second-order valence-electron chi connectivity index (χ2n) is 5.96. The first-order valence-corrected chi connectivity index (χ1v) is 7.93. The summed E-state index contributed by atoms with van der Waals surface area (Å²) < 4.78 is 13.0. The number of rotatable bonds is 4. The van der Waals surface area contributed by atoms with E-state index in [0.29, 0.717) is 11.1 Å². The number of hydrogen-bond acceptors (Lipinski definition) is 3. The number of benzene rings is 2. The minimum absolute atomic E-state index is 0.0999. The quantitative estimate of drug-likeness (QED) is 0.868. The van der Waals surface area contributed by atoms with Crippen LogP contribution in [0.5, 0.6) is 0 Å². The molecule has 25 heavy (non-hydrogen) atoms. The normalized spacial score (nSPS) is 14.9. The van der Waals surface area contributed by atoms with Crippen LogP contribution in [0.15, 0.2) is 48.5 Å². The summed E-state index contributed by atoms with van der Waals surface area (Å²) in [4.78, 5) is 37.8. The molecule has 0 unspecified atom stereocenters. The molecule has 6 heteroatoms. The summed E-state index contributed by atoms with van der Waals surface area (Å²) in [5, 5.41) is 2.72. The number of fused-ring (bicyclic) bond motifs is 1. The van der Waals surface area contributed by atoms with Gasteiger partial charge in [0.1, 0.15) is 12.4 Å². The van der Waals surface area contributed by atoms with E-state index in [4.69, 9.17) is 0 Å². The average Bonchev–Trinajstić information content (AvgIpc) is 2.59. The molecule has 0 spiro atoms. The van der Waals surface area contributed by atoms with E-state index in [1.54, 1.807) is 43.3 Å². The molecular weight excluding hydrogens is 323 g/mol. The van der Waals surface area contributed by atoms with Gasteiger partial charge in [-0.15, -0.1) is 0 Å². The van der Waals surface area contributed by atoms with Gasteiger partial charge in [-0.25, -0.2) is 4.39 Å². The maximum atomic E-state index is 13.0. The fourth-order valence-electron chi connectivity index (χ4n) is 2.83. The standard InChI is InChI=1S/C19H17FN2O3/c1-12(13-6-8-15(20)9-7-13)21-17(23)11-22-18(24)10-14-4-2-3-5-16(14)19(22)25/h2-9,12H,10-11H2,1H3,(H,21,23)/t12-/m1/s1. The molecule has 0 aliphatic carbocycles. The summed E-state index contributed by atoms with van der Waals surface area (Å²) in [6, 6.07) is 12.3. The lowest BCUT2D eigenvalue weighted by Crippen LogP contribution is -2.47. The molecule has 0 saturated carbocycles. The minimum Gasteiger partial charge on any atom is -0.348 e. The van der Waals surface area contributed by atoms with Crippen molar-refractivity contribution in [3.8, 4) is 0 Å². The molecule has 5 nitrogen and oxygen atoms in total. The van der Waals surface area contributed by atoms with Gasteiger partial charge < -0.3 is 5.32 Å². The number of imide groups is 1. The van der Waals surface area contributed by atoms with Gasteiger partial charge in [0.05, 0.1) is 12.5 Å². The number of nitrogens with zero attached hydrogens (tertiary/aromatic N) is 1. The van der Waals surface area contributed by atoms with Crippen molar-refractivity contribution in [1.82, 2.24) is 10.2 Å². The van der Waals surface area contributed by atoms with Crippen molar-refractivity contribution in [2.24, 2.45) is 0 Å². The fraction of sp³-hybridized carbons (Fsp3) is 0.211. The van der Waals surface area contributed by atoms with Gasteiger partial charge in [-0.3, -0.25) is 19.3 Å². The van der Waals surface area contributed by atoms with Gasteiger partial charge in [-0.1, -0.05) is 30.3 Å². The molecular formula is C19H17FN2O3. The molecule has 0 radical (unpaired) electrons. The lowest BCUT2D eigenvalue weighted by Gasteiger charge is -2.26.